The number of hydrogen-bond acceptors (Lipinski definition) is 3. The fourth-order valence-corrected chi connectivity index (χ4v) is 3.35. The van der Waals surface area contributed by atoms with Crippen molar-refractivity contribution in [1.82, 2.24) is 0 Å². The smallest absolute Gasteiger partial charge is 0.233 e. The van der Waals surface area contributed by atoms with E-state index in [9.17, 15) is 8.42 Å². The molecule has 0 radical (unpaired) electrons. The highest BCUT2D eigenvalue weighted by molar-refractivity contribution is 7.92. The Kier molecular flexibility index (Phi) is 5.11. The summed E-state index contributed by atoms with van der Waals surface area (Å²) < 4.78 is 25.7. The van der Waals surface area contributed by atoms with E-state index in [2.05, 4.69) is 11.6 Å². The van der Waals surface area contributed by atoms with Crippen molar-refractivity contribution < 1.29 is 8.42 Å². The number of unbranched alkanes of at least 4 members (excludes halogenated alkanes) is 3. The largest absolute Gasteiger partial charge is 0.274 e. The third-order valence-corrected chi connectivity index (χ3v) is 4.32. The molecule has 1 rings (SSSR count). The third kappa shape index (κ3) is 5.18. The maximum absolute atomic E-state index is 11.6. The zero-order chi connectivity index (χ0) is 11.1. The van der Waals surface area contributed by atoms with Gasteiger partial charge in [0.05, 0.1) is 5.75 Å². The Hall–Kier alpha value is -0.550. The molecule has 0 aliphatic carbocycles. The summed E-state index contributed by atoms with van der Waals surface area (Å²) in [5.74, 6) is 0.227. The first kappa shape index (κ1) is 12.5. The van der Waals surface area contributed by atoms with E-state index in [0.717, 1.165) is 25.7 Å². The molecule has 0 spiro atoms. The Morgan fingerprint density at radius 3 is 2.73 bits per heavy atom. The minimum absolute atomic E-state index is 0.227. The first-order valence-corrected chi connectivity index (χ1v) is 7.71. The maximum Gasteiger partial charge on any atom is 0.233 e. The quantitative estimate of drug-likeness (QED) is 0.753. The molecule has 0 aliphatic rings. The molecule has 1 N–H and O–H groups in total. The molecule has 0 atom stereocenters. The van der Waals surface area contributed by atoms with E-state index in [1.807, 2.05) is 11.4 Å². The van der Waals surface area contributed by atoms with Gasteiger partial charge in [-0.1, -0.05) is 26.2 Å². The Balaban J connectivity index is 2.33. The van der Waals surface area contributed by atoms with Gasteiger partial charge in [0.2, 0.25) is 10.0 Å². The van der Waals surface area contributed by atoms with E-state index in [4.69, 9.17) is 0 Å². The van der Waals surface area contributed by atoms with Gasteiger partial charge < -0.3 is 0 Å². The van der Waals surface area contributed by atoms with Crippen LogP contribution in [0.2, 0.25) is 0 Å². The van der Waals surface area contributed by atoms with Crippen molar-refractivity contribution in [3.63, 3.8) is 0 Å². The monoisotopic (exact) mass is 247 g/mol. The fraction of sp³-hybridized carbons (Fsp3) is 0.600. The van der Waals surface area contributed by atoms with Crippen molar-refractivity contribution in [2.45, 2.75) is 32.6 Å². The number of rotatable bonds is 7. The topological polar surface area (TPSA) is 46.2 Å². The van der Waals surface area contributed by atoms with E-state index in [1.165, 1.54) is 11.3 Å². The lowest BCUT2D eigenvalue weighted by atomic mass is 10.2. The average molecular weight is 247 g/mol. The lowest BCUT2D eigenvalue weighted by Crippen LogP contribution is -2.15. The summed E-state index contributed by atoms with van der Waals surface area (Å²) in [4.78, 5) is 0. The second kappa shape index (κ2) is 6.12. The van der Waals surface area contributed by atoms with Gasteiger partial charge in [0, 0.05) is 0 Å². The molecule has 1 heterocycles. The normalized spacial score (nSPS) is 11.5. The Morgan fingerprint density at radius 2 is 2.13 bits per heavy atom. The molecule has 0 aliphatic heterocycles. The number of nitrogens with one attached hydrogen (secondary N) is 1. The molecule has 0 unspecified atom stereocenters. The van der Waals surface area contributed by atoms with Crippen LogP contribution in [0, 0.1) is 0 Å². The van der Waals surface area contributed by atoms with Crippen LogP contribution in [0.1, 0.15) is 32.6 Å². The molecule has 5 heteroatoms. The zero-order valence-electron chi connectivity index (χ0n) is 8.90. The molecule has 0 bridgehead atoms. The van der Waals surface area contributed by atoms with Crippen LogP contribution in [-0.4, -0.2) is 14.2 Å². The molecular formula is C10H17NO2S2. The van der Waals surface area contributed by atoms with E-state index < -0.39 is 10.0 Å². The second-order valence-corrected chi connectivity index (χ2v) is 6.25. The van der Waals surface area contributed by atoms with Gasteiger partial charge in [-0.3, -0.25) is 4.72 Å². The van der Waals surface area contributed by atoms with Crippen molar-refractivity contribution >= 4 is 26.4 Å². The summed E-state index contributed by atoms with van der Waals surface area (Å²) in [6.07, 6.45) is 3.96. The summed E-state index contributed by atoms with van der Waals surface area (Å²) in [5, 5.41) is 2.56. The van der Waals surface area contributed by atoms with Crippen molar-refractivity contribution in [2.75, 3.05) is 10.5 Å². The molecule has 1 aromatic heterocycles. The summed E-state index contributed by atoms with van der Waals surface area (Å²) >= 11 is 1.40. The van der Waals surface area contributed by atoms with Gasteiger partial charge in [0.25, 0.3) is 0 Å². The molecule has 0 saturated heterocycles. The van der Waals surface area contributed by atoms with Gasteiger partial charge in [-0.05, 0) is 23.9 Å². The Labute approximate surface area is 95.6 Å². The zero-order valence-corrected chi connectivity index (χ0v) is 10.5. The summed E-state index contributed by atoms with van der Waals surface area (Å²) in [6, 6.07) is 3.61. The molecule has 1 aromatic rings. The van der Waals surface area contributed by atoms with E-state index in [-0.39, 0.29) is 5.75 Å². The molecule has 0 saturated carbocycles. The average Bonchev–Trinajstić information content (AvgIpc) is 2.64. The van der Waals surface area contributed by atoms with Crippen molar-refractivity contribution in [3.8, 4) is 0 Å². The summed E-state index contributed by atoms with van der Waals surface area (Å²) in [5.41, 5.74) is 0. The van der Waals surface area contributed by atoms with Crippen LogP contribution in [-0.2, 0) is 10.0 Å². The van der Waals surface area contributed by atoms with Gasteiger partial charge in [0.1, 0.15) is 5.00 Å². The van der Waals surface area contributed by atoms with Gasteiger partial charge in [-0.15, -0.1) is 11.3 Å². The van der Waals surface area contributed by atoms with Crippen LogP contribution < -0.4 is 4.72 Å². The lowest BCUT2D eigenvalue weighted by Gasteiger charge is -2.04. The SMILES string of the molecule is CCCCCCS(=O)(=O)Nc1cccs1. The Morgan fingerprint density at radius 1 is 1.33 bits per heavy atom. The highest BCUT2D eigenvalue weighted by atomic mass is 32.2. The van der Waals surface area contributed by atoms with Gasteiger partial charge in [-0.2, -0.15) is 0 Å². The number of thiophene rings is 1. The third-order valence-electron chi connectivity index (χ3n) is 2.04. The molecule has 3 nitrogen and oxygen atoms in total. The highest BCUT2D eigenvalue weighted by Gasteiger charge is 2.09. The molecular weight excluding hydrogens is 230 g/mol. The van der Waals surface area contributed by atoms with Gasteiger partial charge in [0.15, 0.2) is 0 Å². The van der Waals surface area contributed by atoms with Crippen LogP contribution in [0.3, 0.4) is 0 Å². The van der Waals surface area contributed by atoms with Gasteiger partial charge >= 0.3 is 0 Å². The predicted octanol–water partition coefficient (Wildman–Crippen LogP) is 3.07. The number of anilines is 1. The maximum atomic E-state index is 11.6. The predicted molar refractivity (Wildman–Crippen MR) is 65.9 cm³/mol. The van der Waals surface area contributed by atoms with E-state index in [1.54, 1.807) is 6.07 Å². The first-order valence-electron chi connectivity index (χ1n) is 5.18. The second-order valence-electron chi connectivity index (χ2n) is 3.46. The van der Waals surface area contributed by atoms with Crippen LogP contribution in [0.15, 0.2) is 17.5 Å². The van der Waals surface area contributed by atoms with Crippen LogP contribution in [0.5, 0.6) is 0 Å². The van der Waals surface area contributed by atoms with Crippen molar-refractivity contribution in [3.05, 3.63) is 17.5 Å². The summed E-state index contributed by atoms with van der Waals surface area (Å²) in [6.45, 7) is 2.11. The van der Waals surface area contributed by atoms with Crippen molar-refractivity contribution in [1.29, 1.82) is 0 Å². The minimum Gasteiger partial charge on any atom is -0.274 e. The molecule has 86 valence electrons. The molecule has 15 heavy (non-hydrogen) atoms. The first-order chi connectivity index (χ1) is 7.14. The molecule has 0 amide bonds. The Bertz CT molecular complexity index is 357. The van der Waals surface area contributed by atoms with Crippen molar-refractivity contribution in [2.24, 2.45) is 0 Å². The summed E-state index contributed by atoms with van der Waals surface area (Å²) in [7, 11) is -3.12. The van der Waals surface area contributed by atoms with Crippen LogP contribution in [0.4, 0.5) is 5.00 Å². The number of sulfonamides is 1. The van der Waals surface area contributed by atoms with Crippen LogP contribution in [0.25, 0.3) is 0 Å². The lowest BCUT2D eigenvalue weighted by molar-refractivity contribution is 0.594. The number of hydrogen-bond donors (Lipinski definition) is 1. The van der Waals surface area contributed by atoms with Gasteiger partial charge in [-0.25, -0.2) is 8.42 Å². The minimum atomic E-state index is -3.12. The molecule has 0 aromatic carbocycles. The van der Waals surface area contributed by atoms with E-state index >= 15 is 0 Å². The fourth-order valence-electron chi connectivity index (χ4n) is 1.26. The van der Waals surface area contributed by atoms with Crippen LogP contribution >= 0.6 is 11.3 Å². The standard InChI is InChI=1S/C10H17NO2S2/c1-2-3-4-5-9-15(12,13)11-10-7-6-8-14-10/h6-8,11H,2-5,9H2,1H3. The molecule has 0 fully saturated rings. The highest BCUT2D eigenvalue weighted by Crippen LogP contribution is 2.17. The van der Waals surface area contributed by atoms with E-state index in [0.29, 0.717) is 5.00 Å².